The molecule has 2 saturated heterocycles. The molecule has 0 spiro atoms. The van der Waals surface area contributed by atoms with Gasteiger partial charge in [0.1, 0.15) is 0 Å². The van der Waals surface area contributed by atoms with Crippen LogP contribution in [0.25, 0.3) is 0 Å². The molecule has 2 heterocycles. The van der Waals surface area contributed by atoms with Gasteiger partial charge in [-0.05, 0) is 55.9 Å². The Kier molecular flexibility index (Phi) is 5.99. The second-order valence-electron chi connectivity index (χ2n) is 7.43. The summed E-state index contributed by atoms with van der Waals surface area (Å²) in [6, 6.07) is 6.29. The van der Waals surface area contributed by atoms with Gasteiger partial charge in [-0.15, -0.1) is 0 Å². The molecule has 0 aromatic heterocycles. The molecule has 2 aliphatic rings. The molecule has 144 valence electrons. The van der Waals surface area contributed by atoms with E-state index in [1.807, 2.05) is 0 Å². The van der Waals surface area contributed by atoms with Gasteiger partial charge < -0.3 is 9.64 Å². The number of nitrogens with zero attached hydrogens (tertiary/aromatic N) is 2. The predicted molar refractivity (Wildman–Crippen MR) is 99.5 cm³/mol. The van der Waals surface area contributed by atoms with Crippen molar-refractivity contribution in [2.24, 2.45) is 5.92 Å². The van der Waals surface area contributed by atoms with Gasteiger partial charge in [0.05, 0.1) is 11.0 Å². The molecule has 1 amide bonds. The Morgan fingerprint density at radius 2 is 1.85 bits per heavy atom. The van der Waals surface area contributed by atoms with Gasteiger partial charge in [0.2, 0.25) is 10.0 Å². The van der Waals surface area contributed by atoms with Gasteiger partial charge in [-0.1, -0.05) is 6.92 Å². The van der Waals surface area contributed by atoms with E-state index in [-0.39, 0.29) is 16.9 Å². The zero-order valence-electron chi connectivity index (χ0n) is 15.6. The minimum absolute atomic E-state index is 0.102. The van der Waals surface area contributed by atoms with Crippen LogP contribution in [0.5, 0.6) is 0 Å². The number of benzene rings is 1. The van der Waals surface area contributed by atoms with Crippen molar-refractivity contribution < 1.29 is 17.9 Å². The Hall–Kier alpha value is -1.44. The largest absolute Gasteiger partial charge is 0.376 e. The van der Waals surface area contributed by atoms with Crippen LogP contribution in [0.2, 0.25) is 0 Å². The first-order valence-corrected chi connectivity index (χ1v) is 10.8. The topological polar surface area (TPSA) is 66.9 Å². The van der Waals surface area contributed by atoms with Crippen LogP contribution in [0.3, 0.4) is 0 Å². The molecule has 3 rings (SSSR count). The molecule has 2 aliphatic heterocycles. The number of hydrogen-bond acceptors (Lipinski definition) is 4. The first kappa shape index (κ1) is 19.3. The zero-order chi connectivity index (χ0) is 18.7. The Morgan fingerprint density at radius 1 is 1.19 bits per heavy atom. The molecule has 6 nitrogen and oxygen atoms in total. The summed E-state index contributed by atoms with van der Waals surface area (Å²) in [4.78, 5) is 14.4. The van der Waals surface area contributed by atoms with Crippen molar-refractivity contribution in [3.05, 3.63) is 29.8 Å². The molecule has 0 bridgehead atoms. The molecule has 0 N–H and O–H groups in total. The smallest absolute Gasteiger partial charge is 0.253 e. The first-order valence-electron chi connectivity index (χ1n) is 9.35. The second kappa shape index (κ2) is 8.06. The monoisotopic (exact) mass is 380 g/mol. The minimum Gasteiger partial charge on any atom is -0.376 e. The van der Waals surface area contributed by atoms with Crippen LogP contribution in [-0.4, -0.2) is 62.9 Å². The van der Waals surface area contributed by atoms with Crippen LogP contribution >= 0.6 is 0 Å². The fraction of sp³-hybridized carbons (Fsp3) is 0.632. The van der Waals surface area contributed by atoms with E-state index in [1.54, 1.807) is 40.5 Å². The second-order valence-corrected chi connectivity index (χ2v) is 9.37. The summed E-state index contributed by atoms with van der Waals surface area (Å²) in [6.07, 6.45) is 3.90. The van der Waals surface area contributed by atoms with Crippen LogP contribution in [-0.2, 0) is 14.8 Å². The molecule has 7 heteroatoms. The van der Waals surface area contributed by atoms with E-state index in [1.165, 1.54) is 0 Å². The Bertz CT molecular complexity index is 718. The van der Waals surface area contributed by atoms with E-state index < -0.39 is 10.0 Å². The molecule has 1 aromatic rings. The molecular weight excluding hydrogens is 352 g/mol. The van der Waals surface area contributed by atoms with Crippen molar-refractivity contribution in [1.82, 2.24) is 9.21 Å². The lowest BCUT2D eigenvalue weighted by molar-refractivity contribution is 0.0587. The highest BCUT2D eigenvalue weighted by molar-refractivity contribution is 7.89. The molecule has 26 heavy (non-hydrogen) atoms. The fourth-order valence-electron chi connectivity index (χ4n) is 3.54. The molecule has 0 aliphatic carbocycles. The number of piperidine rings is 1. The maximum absolute atomic E-state index is 12.8. The molecule has 1 atom stereocenters. The molecule has 0 radical (unpaired) electrons. The van der Waals surface area contributed by atoms with Crippen LogP contribution < -0.4 is 0 Å². The van der Waals surface area contributed by atoms with Crippen LogP contribution in [0.4, 0.5) is 0 Å². The van der Waals surface area contributed by atoms with Gasteiger partial charge in [0.15, 0.2) is 0 Å². The average Bonchev–Trinajstić information content (AvgIpc) is 3.14. The number of rotatable bonds is 5. The van der Waals surface area contributed by atoms with Gasteiger partial charge >= 0.3 is 0 Å². The van der Waals surface area contributed by atoms with E-state index in [0.29, 0.717) is 31.1 Å². The normalized spacial score (nSPS) is 22.5. The number of likely N-dealkylation sites (N-methyl/N-ethyl adjacent to an activating group) is 1. The number of amides is 1. The number of sulfonamides is 1. The van der Waals surface area contributed by atoms with E-state index in [9.17, 15) is 13.2 Å². The Balaban J connectivity index is 1.66. The summed E-state index contributed by atoms with van der Waals surface area (Å²) in [5.74, 6) is 0.456. The van der Waals surface area contributed by atoms with Gasteiger partial charge in [0.25, 0.3) is 5.91 Å². The third kappa shape index (κ3) is 4.27. The molecular formula is C19H28N2O4S. The lowest BCUT2D eigenvalue weighted by Crippen LogP contribution is -2.38. The maximum Gasteiger partial charge on any atom is 0.253 e. The highest BCUT2D eigenvalue weighted by atomic mass is 32.2. The highest BCUT2D eigenvalue weighted by Gasteiger charge is 2.28. The summed E-state index contributed by atoms with van der Waals surface area (Å²) < 4.78 is 32.6. The summed E-state index contributed by atoms with van der Waals surface area (Å²) in [5.41, 5.74) is 0.497. The minimum atomic E-state index is -3.48. The van der Waals surface area contributed by atoms with Crippen LogP contribution in [0.15, 0.2) is 29.2 Å². The van der Waals surface area contributed by atoms with E-state index in [2.05, 4.69) is 6.92 Å². The Labute approximate surface area is 156 Å². The van der Waals surface area contributed by atoms with E-state index in [0.717, 1.165) is 32.3 Å². The van der Waals surface area contributed by atoms with Crippen molar-refractivity contribution in [2.45, 2.75) is 43.6 Å². The number of carbonyl (C=O) groups is 1. The maximum atomic E-state index is 12.8. The number of ether oxygens (including phenoxy) is 1. The van der Waals surface area contributed by atoms with Gasteiger partial charge in [-0.3, -0.25) is 4.79 Å². The third-order valence-corrected chi connectivity index (χ3v) is 7.24. The van der Waals surface area contributed by atoms with Crippen LogP contribution in [0, 0.1) is 5.92 Å². The summed E-state index contributed by atoms with van der Waals surface area (Å²) in [6.45, 7) is 4.60. The molecule has 0 saturated carbocycles. The number of carbonyl (C=O) groups excluding carboxylic acids is 1. The van der Waals surface area contributed by atoms with Crippen molar-refractivity contribution in [3.8, 4) is 0 Å². The van der Waals surface area contributed by atoms with Crippen molar-refractivity contribution in [3.63, 3.8) is 0 Å². The zero-order valence-corrected chi connectivity index (χ0v) is 16.4. The predicted octanol–water partition coefficient (Wildman–Crippen LogP) is 2.36. The van der Waals surface area contributed by atoms with Crippen molar-refractivity contribution >= 4 is 15.9 Å². The Morgan fingerprint density at radius 3 is 2.42 bits per heavy atom. The molecule has 1 aromatic carbocycles. The van der Waals surface area contributed by atoms with Gasteiger partial charge in [-0.2, -0.15) is 4.31 Å². The molecule has 1 unspecified atom stereocenters. The van der Waals surface area contributed by atoms with Crippen LogP contribution in [0.1, 0.15) is 43.0 Å². The highest BCUT2D eigenvalue weighted by Crippen LogP contribution is 2.24. The number of hydrogen-bond donors (Lipinski definition) is 0. The standard InChI is InChI=1S/C19H28N2O4S/c1-15-9-11-21(12-10-15)26(23,24)18-7-5-16(6-8-18)19(22)20(2)14-17-4-3-13-25-17/h5-8,15,17H,3-4,9-14H2,1-2H3. The first-order chi connectivity index (χ1) is 12.4. The van der Waals surface area contributed by atoms with Crippen molar-refractivity contribution in [2.75, 3.05) is 33.3 Å². The molecule has 2 fully saturated rings. The fourth-order valence-corrected chi connectivity index (χ4v) is 5.01. The third-order valence-electron chi connectivity index (χ3n) is 5.33. The van der Waals surface area contributed by atoms with Crippen molar-refractivity contribution in [1.29, 1.82) is 0 Å². The summed E-state index contributed by atoms with van der Waals surface area (Å²) >= 11 is 0. The summed E-state index contributed by atoms with van der Waals surface area (Å²) in [5, 5.41) is 0. The van der Waals surface area contributed by atoms with Gasteiger partial charge in [0, 0.05) is 38.9 Å². The lowest BCUT2D eigenvalue weighted by atomic mass is 10.0. The lowest BCUT2D eigenvalue weighted by Gasteiger charge is -2.29. The SMILES string of the molecule is CC1CCN(S(=O)(=O)c2ccc(C(=O)N(C)CC3CCCO3)cc2)CC1. The van der Waals surface area contributed by atoms with Gasteiger partial charge in [-0.25, -0.2) is 8.42 Å². The average molecular weight is 381 g/mol. The van der Waals surface area contributed by atoms with E-state index in [4.69, 9.17) is 4.74 Å². The summed E-state index contributed by atoms with van der Waals surface area (Å²) in [7, 11) is -1.72. The quantitative estimate of drug-likeness (QED) is 0.786. The van der Waals surface area contributed by atoms with E-state index >= 15 is 0 Å².